The number of amides is 2. The maximum Gasteiger partial charge on any atom is 0.251 e. The van der Waals surface area contributed by atoms with Gasteiger partial charge in [-0.3, -0.25) is 9.59 Å². The standard InChI is InChI=1S/C18H22N2O5/c1-12-5-6-14(25-12)11-20(2)17(21)10-19-18(22)13-7-15(23-3)9-16(8-13)24-4/h5-9H,10-11H2,1-4H3,(H,19,22). The molecule has 0 fully saturated rings. The molecular formula is C18H22N2O5. The number of nitrogens with zero attached hydrogens (tertiary/aromatic N) is 1. The smallest absolute Gasteiger partial charge is 0.251 e. The van der Waals surface area contributed by atoms with E-state index in [0.29, 0.717) is 29.4 Å². The molecule has 2 rings (SSSR count). The third-order valence-corrected chi connectivity index (χ3v) is 3.63. The van der Waals surface area contributed by atoms with Crippen LogP contribution in [0.2, 0.25) is 0 Å². The average Bonchev–Trinajstić information content (AvgIpc) is 3.03. The van der Waals surface area contributed by atoms with Crippen LogP contribution < -0.4 is 14.8 Å². The number of benzene rings is 1. The summed E-state index contributed by atoms with van der Waals surface area (Å²) in [6.07, 6.45) is 0. The molecule has 7 nitrogen and oxygen atoms in total. The quantitative estimate of drug-likeness (QED) is 0.829. The highest BCUT2D eigenvalue weighted by Crippen LogP contribution is 2.22. The highest BCUT2D eigenvalue weighted by molar-refractivity contribution is 5.97. The Morgan fingerprint density at radius 2 is 1.76 bits per heavy atom. The lowest BCUT2D eigenvalue weighted by molar-refractivity contribution is -0.129. The summed E-state index contributed by atoms with van der Waals surface area (Å²) in [4.78, 5) is 25.9. The van der Waals surface area contributed by atoms with Crippen molar-refractivity contribution in [1.29, 1.82) is 0 Å². The Hall–Kier alpha value is -2.96. The number of likely N-dealkylation sites (N-methyl/N-ethyl adjacent to an activating group) is 1. The Kier molecular flexibility index (Phi) is 6.05. The molecule has 2 aromatic rings. The lowest BCUT2D eigenvalue weighted by Crippen LogP contribution is -2.37. The van der Waals surface area contributed by atoms with Gasteiger partial charge in [-0.05, 0) is 31.2 Å². The molecule has 25 heavy (non-hydrogen) atoms. The Bertz CT molecular complexity index is 731. The molecule has 1 N–H and O–H groups in total. The second kappa shape index (κ2) is 8.23. The van der Waals surface area contributed by atoms with Gasteiger partial charge in [-0.1, -0.05) is 0 Å². The van der Waals surface area contributed by atoms with Gasteiger partial charge >= 0.3 is 0 Å². The van der Waals surface area contributed by atoms with Gasteiger partial charge in [0.25, 0.3) is 5.91 Å². The maximum absolute atomic E-state index is 12.3. The first-order valence-corrected chi connectivity index (χ1v) is 7.73. The fourth-order valence-corrected chi connectivity index (χ4v) is 2.22. The van der Waals surface area contributed by atoms with E-state index in [9.17, 15) is 9.59 Å². The number of ether oxygens (including phenoxy) is 2. The number of aryl methyl sites for hydroxylation is 1. The van der Waals surface area contributed by atoms with Gasteiger partial charge in [-0.2, -0.15) is 0 Å². The van der Waals surface area contributed by atoms with Crippen molar-refractivity contribution in [3.8, 4) is 11.5 Å². The Balaban J connectivity index is 1.93. The average molecular weight is 346 g/mol. The van der Waals surface area contributed by atoms with Crippen LogP contribution in [0.5, 0.6) is 11.5 Å². The molecule has 0 bridgehead atoms. The van der Waals surface area contributed by atoms with E-state index in [1.54, 1.807) is 25.2 Å². The molecule has 0 saturated heterocycles. The predicted molar refractivity (Wildman–Crippen MR) is 91.8 cm³/mol. The highest BCUT2D eigenvalue weighted by atomic mass is 16.5. The monoisotopic (exact) mass is 346 g/mol. The SMILES string of the molecule is COc1cc(OC)cc(C(=O)NCC(=O)N(C)Cc2ccc(C)o2)c1. The number of hydrogen-bond donors (Lipinski definition) is 1. The number of hydrogen-bond acceptors (Lipinski definition) is 5. The van der Waals surface area contributed by atoms with Crippen LogP contribution in [0.4, 0.5) is 0 Å². The normalized spacial score (nSPS) is 10.2. The Morgan fingerprint density at radius 1 is 1.12 bits per heavy atom. The summed E-state index contributed by atoms with van der Waals surface area (Å²) in [5.41, 5.74) is 0.355. The molecule has 134 valence electrons. The van der Waals surface area contributed by atoms with Gasteiger partial charge in [0.15, 0.2) is 0 Å². The summed E-state index contributed by atoms with van der Waals surface area (Å²) in [6, 6.07) is 8.49. The summed E-state index contributed by atoms with van der Waals surface area (Å²) in [7, 11) is 4.66. The summed E-state index contributed by atoms with van der Waals surface area (Å²) < 4.78 is 15.7. The molecule has 0 aliphatic rings. The van der Waals surface area contributed by atoms with Gasteiger partial charge in [-0.15, -0.1) is 0 Å². The largest absolute Gasteiger partial charge is 0.497 e. The third kappa shape index (κ3) is 5.00. The van der Waals surface area contributed by atoms with Crippen molar-refractivity contribution in [1.82, 2.24) is 10.2 Å². The van der Waals surface area contributed by atoms with Gasteiger partial charge in [0.2, 0.25) is 5.91 Å². The van der Waals surface area contributed by atoms with Crippen molar-refractivity contribution in [3.05, 3.63) is 47.4 Å². The summed E-state index contributed by atoms with van der Waals surface area (Å²) >= 11 is 0. The summed E-state index contributed by atoms with van der Waals surface area (Å²) in [6.45, 7) is 2.07. The van der Waals surface area contributed by atoms with Crippen molar-refractivity contribution >= 4 is 11.8 Å². The first-order chi connectivity index (χ1) is 11.9. The van der Waals surface area contributed by atoms with Crippen LogP contribution in [-0.4, -0.2) is 44.5 Å². The zero-order chi connectivity index (χ0) is 18.4. The van der Waals surface area contributed by atoms with Crippen LogP contribution in [0.25, 0.3) is 0 Å². The molecule has 2 amide bonds. The van der Waals surface area contributed by atoms with E-state index >= 15 is 0 Å². The topological polar surface area (TPSA) is 81.0 Å². The van der Waals surface area contributed by atoms with E-state index in [1.165, 1.54) is 19.1 Å². The summed E-state index contributed by atoms with van der Waals surface area (Å²) in [5, 5.41) is 2.60. The Morgan fingerprint density at radius 3 is 2.28 bits per heavy atom. The number of carbonyl (C=O) groups is 2. The van der Waals surface area contributed by atoms with E-state index in [0.717, 1.165) is 5.76 Å². The van der Waals surface area contributed by atoms with E-state index in [1.807, 2.05) is 19.1 Å². The molecule has 0 unspecified atom stereocenters. The minimum absolute atomic E-state index is 0.117. The molecule has 7 heteroatoms. The molecular weight excluding hydrogens is 324 g/mol. The number of carbonyl (C=O) groups excluding carboxylic acids is 2. The fourth-order valence-electron chi connectivity index (χ4n) is 2.22. The molecule has 0 atom stereocenters. The van der Waals surface area contributed by atoms with Gasteiger partial charge in [0.05, 0.1) is 27.3 Å². The molecule has 0 radical (unpaired) electrons. The van der Waals surface area contributed by atoms with Crippen LogP contribution in [0.3, 0.4) is 0 Å². The van der Waals surface area contributed by atoms with Crippen molar-refractivity contribution in [2.75, 3.05) is 27.8 Å². The summed E-state index contributed by atoms with van der Waals surface area (Å²) in [5.74, 6) is 1.88. The van der Waals surface area contributed by atoms with E-state index in [4.69, 9.17) is 13.9 Å². The minimum atomic E-state index is -0.382. The fraction of sp³-hybridized carbons (Fsp3) is 0.333. The van der Waals surface area contributed by atoms with Crippen LogP contribution in [0, 0.1) is 6.92 Å². The highest BCUT2D eigenvalue weighted by Gasteiger charge is 2.14. The van der Waals surface area contributed by atoms with Crippen LogP contribution >= 0.6 is 0 Å². The van der Waals surface area contributed by atoms with Crippen molar-refractivity contribution in [2.24, 2.45) is 0 Å². The molecule has 0 aliphatic carbocycles. The van der Waals surface area contributed by atoms with E-state index < -0.39 is 0 Å². The van der Waals surface area contributed by atoms with E-state index in [-0.39, 0.29) is 18.4 Å². The molecule has 0 saturated carbocycles. The van der Waals surface area contributed by atoms with Crippen molar-refractivity contribution in [2.45, 2.75) is 13.5 Å². The zero-order valence-corrected chi connectivity index (χ0v) is 14.8. The van der Waals surface area contributed by atoms with E-state index in [2.05, 4.69) is 5.32 Å². The lowest BCUT2D eigenvalue weighted by atomic mass is 10.2. The molecule has 1 aromatic heterocycles. The van der Waals surface area contributed by atoms with Gasteiger partial charge in [0, 0.05) is 18.7 Å². The Labute approximate surface area is 146 Å². The lowest BCUT2D eigenvalue weighted by Gasteiger charge is -2.16. The third-order valence-electron chi connectivity index (χ3n) is 3.63. The second-order valence-corrected chi connectivity index (χ2v) is 5.55. The molecule has 1 heterocycles. The van der Waals surface area contributed by atoms with Gasteiger partial charge in [-0.25, -0.2) is 0 Å². The van der Waals surface area contributed by atoms with Crippen LogP contribution in [-0.2, 0) is 11.3 Å². The number of methoxy groups -OCH3 is 2. The van der Waals surface area contributed by atoms with Crippen molar-refractivity contribution < 1.29 is 23.5 Å². The molecule has 0 aliphatic heterocycles. The first-order valence-electron chi connectivity index (χ1n) is 7.73. The maximum atomic E-state index is 12.3. The predicted octanol–water partition coefficient (Wildman–Crippen LogP) is 1.99. The molecule has 0 spiro atoms. The van der Waals surface area contributed by atoms with Gasteiger partial charge in [0.1, 0.15) is 23.0 Å². The number of nitrogens with one attached hydrogen (secondary N) is 1. The van der Waals surface area contributed by atoms with Crippen LogP contribution in [0.1, 0.15) is 21.9 Å². The number of rotatable bonds is 7. The second-order valence-electron chi connectivity index (χ2n) is 5.55. The number of furan rings is 1. The first kappa shape index (κ1) is 18.4. The van der Waals surface area contributed by atoms with Gasteiger partial charge < -0.3 is 24.1 Å². The zero-order valence-electron chi connectivity index (χ0n) is 14.8. The van der Waals surface area contributed by atoms with Crippen molar-refractivity contribution in [3.63, 3.8) is 0 Å². The molecule has 1 aromatic carbocycles. The van der Waals surface area contributed by atoms with Crippen LogP contribution in [0.15, 0.2) is 34.7 Å². The minimum Gasteiger partial charge on any atom is -0.497 e.